The maximum absolute atomic E-state index is 10.4. The van der Waals surface area contributed by atoms with Crippen LogP contribution in [0.5, 0.6) is 0 Å². The number of rotatable bonds is 3. The molecular weight excluding hydrogens is 204 g/mol. The summed E-state index contributed by atoms with van der Waals surface area (Å²) in [5.74, 6) is -1.22. The van der Waals surface area contributed by atoms with Crippen LogP contribution in [-0.4, -0.2) is 22.3 Å². The van der Waals surface area contributed by atoms with Crippen LogP contribution in [0.15, 0.2) is 18.2 Å². The smallest absolute Gasteiger partial charge is 0.332 e. The van der Waals surface area contributed by atoms with Crippen molar-refractivity contribution in [2.45, 2.75) is 19.4 Å². The van der Waals surface area contributed by atoms with Crippen molar-refractivity contribution in [1.82, 2.24) is 0 Å². The first-order chi connectivity index (χ1) is 6.49. The maximum Gasteiger partial charge on any atom is 0.332 e. The molecule has 0 aliphatic rings. The Morgan fingerprint density at radius 2 is 2.14 bits per heavy atom. The minimum Gasteiger partial charge on any atom is -0.479 e. The van der Waals surface area contributed by atoms with Gasteiger partial charge in [0.2, 0.25) is 0 Å². The number of carbonyl (C=O) groups is 1. The van der Waals surface area contributed by atoms with Crippen molar-refractivity contribution in [2.75, 3.05) is 0 Å². The number of aryl methyl sites for hydroxylation is 1. The molecule has 0 amide bonds. The van der Waals surface area contributed by atoms with Crippen LogP contribution in [0.4, 0.5) is 0 Å². The van der Waals surface area contributed by atoms with E-state index in [0.29, 0.717) is 5.02 Å². The number of aliphatic hydroxyl groups excluding tert-OH is 1. The number of aliphatic hydroxyl groups is 1. The molecule has 0 saturated heterocycles. The normalized spacial score (nSPS) is 12.5. The van der Waals surface area contributed by atoms with Gasteiger partial charge < -0.3 is 10.2 Å². The first-order valence-corrected chi connectivity index (χ1v) is 4.54. The van der Waals surface area contributed by atoms with E-state index in [2.05, 4.69) is 0 Å². The van der Waals surface area contributed by atoms with Gasteiger partial charge in [0.15, 0.2) is 6.10 Å². The van der Waals surface area contributed by atoms with Gasteiger partial charge in [0.25, 0.3) is 0 Å². The van der Waals surface area contributed by atoms with Crippen LogP contribution in [0.25, 0.3) is 0 Å². The fraction of sp³-hybridized carbons (Fsp3) is 0.300. The molecule has 0 spiro atoms. The predicted octanol–water partition coefficient (Wildman–Crippen LogP) is 1.64. The molecule has 0 fully saturated rings. The molecule has 0 heterocycles. The van der Waals surface area contributed by atoms with Crippen molar-refractivity contribution in [2.24, 2.45) is 0 Å². The number of aliphatic carboxylic acids is 1. The van der Waals surface area contributed by atoms with Gasteiger partial charge in [-0.2, -0.15) is 0 Å². The molecule has 76 valence electrons. The molecule has 1 unspecified atom stereocenters. The minimum atomic E-state index is -1.37. The zero-order valence-corrected chi connectivity index (χ0v) is 8.45. The summed E-state index contributed by atoms with van der Waals surface area (Å²) in [5.41, 5.74) is 1.68. The van der Waals surface area contributed by atoms with E-state index in [-0.39, 0.29) is 6.42 Å². The summed E-state index contributed by atoms with van der Waals surface area (Å²) < 4.78 is 0. The highest BCUT2D eigenvalue weighted by Crippen LogP contribution is 2.15. The number of carboxylic acids is 1. The summed E-state index contributed by atoms with van der Waals surface area (Å²) in [4.78, 5) is 10.4. The van der Waals surface area contributed by atoms with Crippen LogP contribution < -0.4 is 0 Å². The van der Waals surface area contributed by atoms with Gasteiger partial charge in [0.05, 0.1) is 0 Å². The van der Waals surface area contributed by atoms with Crippen LogP contribution in [0.1, 0.15) is 11.1 Å². The van der Waals surface area contributed by atoms with Gasteiger partial charge in [-0.1, -0.05) is 17.7 Å². The van der Waals surface area contributed by atoms with Gasteiger partial charge in [-0.15, -0.1) is 0 Å². The molecule has 1 aromatic carbocycles. The lowest BCUT2D eigenvalue weighted by Gasteiger charge is -2.06. The van der Waals surface area contributed by atoms with E-state index < -0.39 is 12.1 Å². The standard InChI is InChI=1S/C10H11ClO3/c1-6-2-7(4-8(11)3-6)5-9(12)10(13)14/h2-4,9,12H,5H2,1H3,(H,13,14). The van der Waals surface area contributed by atoms with Gasteiger partial charge >= 0.3 is 5.97 Å². The molecule has 1 rings (SSSR count). The Balaban J connectivity index is 2.81. The van der Waals surface area contributed by atoms with Crippen LogP contribution in [0.3, 0.4) is 0 Å². The van der Waals surface area contributed by atoms with Crippen LogP contribution in [0, 0.1) is 6.92 Å². The molecule has 0 aliphatic carbocycles. The zero-order chi connectivity index (χ0) is 10.7. The zero-order valence-electron chi connectivity index (χ0n) is 7.70. The number of carboxylic acid groups (broad SMARTS) is 1. The molecule has 2 N–H and O–H groups in total. The topological polar surface area (TPSA) is 57.5 Å². The molecule has 0 radical (unpaired) electrons. The van der Waals surface area contributed by atoms with Crippen molar-refractivity contribution in [3.05, 3.63) is 34.3 Å². The molecule has 0 bridgehead atoms. The third-order valence-corrected chi connectivity index (χ3v) is 2.03. The van der Waals surface area contributed by atoms with Crippen molar-refractivity contribution in [1.29, 1.82) is 0 Å². The highest BCUT2D eigenvalue weighted by molar-refractivity contribution is 6.30. The van der Waals surface area contributed by atoms with Gasteiger partial charge in [0.1, 0.15) is 0 Å². The first-order valence-electron chi connectivity index (χ1n) is 4.16. The predicted molar refractivity (Wildman–Crippen MR) is 53.5 cm³/mol. The summed E-state index contributed by atoms with van der Waals surface area (Å²) in [7, 11) is 0. The summed E-state index contributed by atoms with van der Waals surface area (Å²) in [6, 6.07) is 5.23. The molecule has 1 aromatic rings. The Kier molecular flexibility index (Phi) is 3.49. The second-order valence-electron chi connectivity index (χ2n) is 3.19. The lowest BCUT2D eigenvalue weighted by Crippen LogP contribution is -2.21. The van der Waals surface area contributed by atoms with Crippen LogP contribution in [0.2, 0.25) is 5.02 Å². The van der Waals surface area contributed by atoms with Crippen LogP contribution in [-0.2, 0) is 11.2 Å². The van der Waals surface area contributed by atoms with Gasteiger partial charge in [0, 0.05) is 11.4 Å². The van der Waals surface area contributed by atoms with E-state index in [9.17, 15) is 4.79 Å². The Hall–Kier alpha value is -1.06. The van der Waals surface area contributed by atoms with Gasteiger partial charge in [-0.3, -0.25) is 0 Å². The average molecular weight is 215 g/mol. The molecule has 0 aromatic heterocycles. The Morgan fingerprint density at radius 1 is 1.50 bits per heavy atom. The fourth-order valence-corrected chi connectivity index (χ4v) is 1.55. The first kappa shape index (κ1) is 11.0. The summed E-state index contributed by atoms with van der Waals surface area (Å²) in [6.07, 6.45) is -1.29. The second kappa shape index (κ2) is 4.44. The average Bonchev–Trinajstić information content (AvgIpc) is 2.01. The third kappa shape index (κ3) is 3.01. The van der Waals surface area contributed by atoms with E-state index in [1.165, 1.54) is 0 Å². The monoisotopic (exact) mass is 214 g/mol. The van der Waals surface area contributed by atoms with Crippen molar-refractivity contribution < 1.29 is 15.0 Å². The Labute approximate surface area is 86.9 Å². The largest absolute Gasteiger partial charge is 0.479 e. The van der Waals surface area contributed by atoms with E-state index in [0.717, 1.165) is 11.1 Å². The van der Waals surface area contributed by atoms with Crippen molar-refractivity contribution >= 4 is 17.6 Å². The fourth-order valence-electron chi connectivity index (χ4n) is 1.24. The lowest BCUT2D eigenvalue weighted by atomic mass is 10.1. The molecule has 14 heavy (non-hydrogen) atoms. The van der Waals surface area contributed by atoms with Gasteiger partial charge in [-0.25, -0.2) is 4.79 Å². The summed E-state index contributed by atoms with van der Waals surface area (Å²) in [5, 5.41) is 18.2. The highest BCUT2D eigenvalue weighted by atomic mass is 35.5. The van der Waals surface area contributed by atoms with Crippen molar-refractivity contribution in [3.8, 4) is 0 Å². The highest BCUT2D eigenvalue weighted by Gasteiger charge is 2.13. The number of hydrogen-bond donors (Lipinski definition) is 2. The SMILES string of the molecule is Cc1cc(Cl)cc(CC(O)C(=O)O)c1. The molecule has 4 heteroatoms. The quantitative estimate of drug-likeness (QED) is 0.804. The Morgan fingerprint density at radius 3 is 2.64 bits per heavy atom. The summed E-state index contributed by atoms with van der Waals surface area (Å²) in [6.45, 7) is 1.86. The lowest BCUT2D eigenvalue weighted by molar-refractivity contribution is -0.146. The van der Waals surface area contributed by atoms with E-state index in [1.54, 1.807) is 18.2 Å². The molecule has 0 aliphatic heterocycles. The summed E-state index contributed by atoms with van der Waals surface area (Å²) >= 11 is 5.78. The van der Waals surface area contributed by atoms with E-state index in [4.69, 9.17) is 21.8 Å². The van der Waals surface area contributed by atoms with Crippen molar-refractivity contribution in [3.63, 3.8) is 0 Å². The van der Waals surface area contributed by atoms with Crippen LogP contribution >= 0.6 is 11.6 Å². The third-order valence-electron chi connectivity index (χ3n) is 1.82. The van der Waals surface area contributed by atoms with Gasteiger partial charge in [-0.05, 0) is 30.2 Å². The molecule has 1 atom stereocenters. The Bertz CT molecular complexity index is 329. The minimum absolute atomic E-state index is 0.0801. The number of halogens is 1. The number of hydrogen-bond acceptors (Lipinski definition) is 2. The van der Waals surface area contributed by atoms with E-state index >= 15 is 0 Å². The molecule has 0 saturated carbocycles. The van der Waals surface area contributed by atoms with E-state index in [1.807, 2.05) is 6.92 Å². The molecular formula is C10H11ClO3. The molecule has 3 nitrogen and oxygen atoms in total. The number of benzene rings is 1. The maximum atomic E-state index is 10.4. The second-order valence-corrected chi connectivity index (χ2v) is 3.63.